The van der Waals surface area contributed by atoms with E-state index in [1.54, 1.807) is 36.9 Å². The number of ether oxygens (including phenoxy) is 1. The highest BCUT2D eigenvalue weighted by Crippen LogP contribution is 2.35. The van der Waals surface area contributed by atoms with Gasteiger partial charge in [-0.2, -0.15) is 5.26 Å². The van der Waals surface area contributed by atoms with Crippen LogP contribution in [0.5, 0.6) is 11.5 Å². The van der Waals surface area contributed by atoms with Crippen molar-refractivity contribution >= 4 is 11.8 Å². The minimum atomic E-state index is -0.654. The minimum Gasteiger partial charge on any atom is -0.456 e. The Morgan fingerprint density at radius 2 is 1.95 bits per heavy atom. The molecule has 0 saturated carbocycles. The quantitative estimate of drug-likeness (QED) is 0.858. The Bertz CT molecular complexity index is 647. The molecule has 2 aromatic carbocycles. The molecule has 0 aliphatic carbocycles. The van der Waals surface area contributed by atoms with Gasteiger partial charge in [0.1, 0.15) is 11.5 Å². The van der Waals surface area contributed by atoms with Crippen molar-refractivity contribution in [2.24, 2.45) is 0 Å². The van der Waals surface area contributed by atoms with E-state index in [1.165, 1.54) is 0 Å². The normalized spacial score (nSPS) is 11.7. The topological polar surface area (TPSA) is 53.2 Å². The van der Waals surface area contributed by atoms with Gasteiger partial charge in [-0.15, -0.1) is 11.8 Å². The van der Waals surface area contributed by atoms with Crippen LogP contribution in [0.2, 0.25) is 0 Å². The van der Waals surface area contributed by atoms with E-state index in [0.29, 0.717) is 16.9 Å². The maximum absolute atomic E-state index is 9.80. The third kappa shape index (κ3) is 3.13. The first-order valence-electron chi connectivity index (χ1n) is 6.18. The van der Waals surface area contributed by atoms with Gasteiger partial charge in [0.05, 0.1) is 17.7 Å². The number of thioether (sulfide) groups is 1. The van der Waals surface area contributed by atoms with Crippen molar-refractivity contribution < 1.29 is 9.84 Å². The Labute approximate surface area is 122 Å². The highest BCUT2D eigenvalue weighted by atomic mass is 32.2. The summed E-state index contributed by atoms with van der Waals surface area (Å²) in [6.07, 6.45) is 1.32. The summed E-state index contributed by atoms with van der Waals surface area (Å²) in [6.45, 7) is 1.68. The van der Waals surface area contributed by atoms with Crippen LogP contribution in [0.25, 0.3) is 0 Å². The van der Waals surface area contributed by atoms with Crippen LogP contribution in [-0.4, -0.2) is 11.4 Å². The van der Waals surface area contributed by atoms with Crippen molar-refractivity contribution in [2.45, 2.75) is 17.9 Å². The second-order valence-electron chi connectivity index (χ2n) is 4.29. The summed E-state index contributed by atoms with van der Waals surface area (Å²) in [4.78, 5) is 1.01. The van der Waals surface area contributed by atoms with E-state index in [1.807, 2.05) is 30.5 Å². The van der Waals surface area contributed by atoms with Crippen molar-refractivity contribution in [2.75, 3.05) is 6.26 Å². The van der Waals surface area contributed by atoms with Gasteiger partial charge < -0.3 is 9.84 Å². The fraction of sp³-hybridized carbons (Fsp3) is 0.188. The predicted octanol–water partition coefficient (Wildman–Crippen LogP) is 4.13. The van der Waals surface area contributed by atoms with Crippen LogP contribution in [0.15, 0.2) is 47.4 Å². The molecule has 2 aromatic rings. The summed E-state index contributed by atoms with van der Waals surface area (Å²) in [5.74, 6) is 1.23. The molecule has 0 heterocycles. The molecule has 0 aliphatic rings. The molecule has 20 heavy (non-hydrogen) atoms. The minimum absolute atomic E-state index is 0.506. The predicted molar refractivity (Wildman–Crippen MR) is 80.1 cm³/mol. The van der Waals surface area contributed by atoms with Crippen LogP contribution in [0.1, 0.15) is 24.2 Å². The Balaban J connectivity index is 2.44. The molecule has 0 unspecified atom stereocenters. The van der Waals surface area contributed by atoms with Crippen LogP contribution in [0.4, 0.5) is 0 Å². The third-order valence-electron chi connectivity index (χ3n) is 2.88. The van der Waals surface area contributed by atoms with Crippen molar-refractivity contribution in [3.63, 3.8) is 0 Å². The van der Waals surface area contributed by atoms with Gasteiger partial charge in [0.15, 0.2) is 0 Å². The second-order valence-corrected chi connectivity index (χ2v) is 5.14. The molecule has 1 atom stereocenters. The van der Waals surface area contributed by atoms with Crippen LogP contribution < -0.4 is 4.74 Å². The smallest absolute Gasteiger partial charge is 0.140 e. The number of rotatable bonds is 4. The third-order valence-corrected chi connectivity index (χ3v) is 3.66. The maximum Gasteiger partial charge on any atom is 0.140 e. The van der Waals surface area contributed by atoms with Crippen molar-refractivity contribution in [3.05, 3.63) is 53.6 Å². The molecule has 0 saturated heterocycles. The van der Waals surface area contributed by atoms with Gasteiger partial charge in [0.2, 0.25) is 0 Å². The monoisotopic (exact) mass is 285 g/mol. The summed E-state index contributed by atoms with van der Waals surface area (Å²) in [5, 5.41) is 18.8. The van der Waals surface area contributed by atoms with Gasteiger partial charge in [0, 0.05) is 10.5 Å². The van der Waals surface area contributed by atoms with Gasteiger partial charge >= 0.3 is 0 Å². The Morgan fingerprint density at radius 1 is 1.20 bits per heavy atom. The van der Waals surface area contributed by atoms with Crippen LogP contribution in [0, 0.1) is 11.3 Å². The fourth-order valence-electron chi connectivity index (χ4n) is 1.86. The average molecular weight is 285 g/mol. The molecule has 0 amide bonds. The van der Waals surface area contributed by atoms with E-state index >= 15 is 0 Å². The molecule has 2 rings (SSSR count). The largest absolute Gasteiger partial charge is 0.456 e. The molecule has 0 aliphatic heterocycles. The lowest BCUT2D eigenvalue weighted by Crippen LogP contribution is -1.97. The molecular weight excluding hydrogens is 270 g/mol. The van der Waals surface area contributed by atoms with E-state index in [0.717, 1.165) is 10.6 Å². The van der Waals surface area contributed by atoms with Crippen LogP contribution in [0.3, 0.4) is 0 Å². The first-order chi connectivity index (χ1) is 9.65. The van der Waals surface area contributed by atoms with Crippen molar-refractivity contribution in [1.29, 1.82) is 5.26 Å². The summed E-state index contributed by atoms with van der Waals surface area (Å²) in [7, 11) is 0. The Kier molecular flexibility index (Phi) is 4.67. The van der Waals surface area contributed by atoms with Crippen LogP contribution >= 0.6 is 11.8 Å². The standard InChI is InChI=1S/C16H15NO2S/c1-11(18)13-8-7-12(10-17)9-15(13)19-14-5-3-4-6-16(14)20-2/h3-9,11,18H,1-2H3/t11-/m1/s1. The van der Waals surface area contributed by atoms with E-state index < -0.39 is 6.10 Å². The number of hydrogen-bond donors (Lipinski definition) is 1. The van der Waals surface area contributed by atoms with E-state index in [9.17, 15) is 5.11 Å². The van der Waals surface area contributed by atoms with E-state index in [-0.39, 0.29) is 0 Å². The van der Waals surface area contributed by atoms with Crippen LogP contribution in [-0.2, 0) is 0 Å². The second kappa shape index (κ2) is 6.47. The first-order valence-corrected chi connectivity index (χ1v) is 7.41. The lowest BCUT2D eigenvalue weighted by molar-refractivity contribution is 0.195. The highest BCUT2D eigenvalue weighted by Gasteiger charge is 2.12. The zero-order chi connectivity index (χ0) is 14.5. The average Bonchev–Trinajstić information content (AvgIpc) is 2.47. The van der Waals surface area contributed by atoms with E-state index in [4.69, 9.17) is 10.00 Å². The molecule has 0 bridgehead atoms. The number of nitriles is 1. The zero-order valence-corrected chi connectivity index (χ0v) is 12.1. The molecule has 0 aromatic heterocycles. The zero-order valence-electron chi connectivity index (χ0n) is 11.3. The number of nitrogens with zero attached hydrogens (tertiary/aromatic N) is 1. The molecule has 102 valence electrons. The van der Waals surface area contributed by atoms with Gasteiger partial charge in [-0.1, -0.05) is 18.2 Å². The Morgan fingerprint density at radius 3 is 2.60 bits per heavy atom. The SMILES string of the molecule is CSc1ccccc1Oc1cc(C#N)ccc1[C@@H](C)O. The summed E-state index contributed by atoms with van der Waals surface area (Å²) in [5.41, 5.74) is 1.17. The number of para-hydroxylation sites is 1. The molecule has 4 heteroatoms. The van der Waals surface area contributed by atoms with Crippen molar-refractivity contribution in [3.8, 4) is 17.6 Å². The molecule has 1 N–H and O–H groups in total. The number of hydrogen-bond acceptors (Lipinski definition) is 4. The lowest BCUT2D eigenvalue weighted by Gasteiger charge is -2.15. The molecule has 0 fully saturated rings. The summed E-state index contributed by atoms with van der Waals surface area (Å²) >= 11 is 1.59. The number of benzene rings is 2. The van der Waals surface area contributed by atoms with Gasteiger partial charge in [-0.05, 0) is 37.4 Å². The molecule has 0 radical (unpaired) electrons. The highest BCUT2D eigenvalue weighted by molar-refractivity contribution is 7.98. The first kappa shape index (κ1) is 14.4. The number of aliphatic hydroxyl groups is 1. The molecular formula is C16H15NO2S. The maximum atomic E-state index is 9.80. The van der Waals surface area contributed by atoms with Crippen molar-refractivity contribution in [1.82, 2.24) is 0 Å². The van der Waals surface area contributed by atoms with E-state index in [2.05, 4.69) is 6.07 Å². The van der Waals surface area contributed by atoms with Gasteiger partial charge in [0.25, 0.3) is 0 Å². The summed E-state index contributed by atoms with van der Waals surface area (Å²) < 4.78 is 5.90. The molecule has 0 spiro atoms. The summed E-state index contributed by atoms with van der Waals surface area (Å²) in [6, 6.07) is 14.8. The molecule has 3 nitrogen and oxygen atoms in total. The van der Waals surface area contributed by atoms with Gasteiger partial charge in [-0.3, -0.25) is 0 Å². The Hall–Kier alpha value is -1.96. The lowest BCUT2D eigenvalue weighted by atomic mass is 10.1. The number of aliphatic hydroxyl groups excluding tert-OH is 1. The van der Waals surface area contributed by atoms with Gasteiger partial charge in [-0.25, -0.2) is 0 Å². The fourth-order valence-corrected chi connectivity index (χ4v) is 2.38.